The van der Waals surface area contributed by atoms with Crippen molar-refractivity contribution in [2.45, 2.75) is 17.8 Å². The maximum Gasteiger partial charge on any atom is 0.196 e. The highest BCUT2D eigenvalue weighted by molar-refractivity contribution is 7.98. The Hall–Kier alpha value is -2.80. The highest BCUT2D eigenvalue weighted by atomic mass is 32.2. The lowest BCUT2D eigenvalue weighted by molar-refractivity contribution is 0.101. The Morgan fingerprint density at radius 2 is 1.88 bits per heavy atom. The fourth-order valence-electron chi connectivity index (χ4n) is 2.57. The van der Waals surface area contributed by atoms with E-state index in [1.165, 1.54) is 11.8 Å². The minimum Gasteiger partial charge on any atom is -0.496 e. The monoisotopic (exact) mass is 369 g/mol. The zero-order chi connectivity index (χ0) is 18.5. The quantitative estimate of drug-likeness (QED) is 0.466. The molecule has 0 spiro atoms. The number of carbonyl (C=O) groups excluding carboxylic acids is 1. The molecule has 0 aliphatic heterocycles. The van der Waals surface area contributed by atoms with Crippen molar-refractivity contribution in [1.82, 2.24) is 14.8 Å². The van der Waals surface area contributed by atoms with Crippen LogP contribution in [-0.2, 0) is 5.75 Å². The first-order valence-corrected chi connectivity index (χ1v) is 8.96. The van der Waals surface area contributed by atoms with Gasteiger partial charge >= 0.3 is 0 Å². The van der Waals surface area contributed by atoms with Crippen molar-refractivity contribution in [3.05, 3.63) is 59.9 Å². The van der Waals surface area contributed by atoms with Crippen molar-refractivity contribution in [1.29, 1.82) is 0 Å². The second-order valence-corrected chi connectivity index (χ2v) is 6.47. The topological polar surface area (TPSA) is 66.2 Å². The first-order chi connectivity index (χ1) is 12.6. The van der Waals surface area contributed by atoms with Crippen LogP contribution in [0.2, 0.25) is 0 Å². The number of ketones is 1. The molecular weight excluding hydrogens is 350 g/mol. The molecule has 0 aliphatic carbocycles. The number of benzene rings is 2. The van der Waals surface area contributed by atoms with Crippen LogP contribution in [0.1, 0.15) is 22.8 Å². The van der Waals surface area contributed by atoms with Gasteiger partial charge in [-0.3, -0.25) is 9.36 Å². The minimum atomic E-state index is 0.0242. The number of methoxy groups -OCH3 is 2. The van der Waals surface area contributed by atoms with Gasteiger partial charge in [-0.2, -0.15) is 0 Å². The van der Waals surface area contributed by atoms with Gasteiger partial charge in [0, 0.05) is 16.9 Å². The van der Waals surface area contributed by atoms with Crippen LogP contribution in [0.5, 0.6) is 11.5 Å². The molecule has 1 heterocycles. The maximum atomic E-state index is 11.7. The highest BCUT2D eigenvalue weighted by Crippen LogP contribution is 2.31. The van der Waals surface area contributed by atoms with E-state index in [0.717, 1.165) is 27.9 Å². The van der Waals surface area contributed by atoms with E-state index in [-0.39, 0.29) is 5.78 Å². The summed E-state index contributed by atoms with van der Waals surface area (Å²) in [6, 6.07) is 13.1. The fourth-order valence-corrected chi connectivity index (χ4v) is 3.47. The van der Waals surface area contributed by atoms with Crippen LogP contribution in [-0.4, -0.2) is 34.8 Å². The van der Waals surface area contributed by atoms with Gasteiger partial charge in [0.15, 0.2) is 10.9 Å². The van der Waals surface area contributed by atoms with Gasteiger partial charge in [0.25, 0.3) is 0 Å². The number of para-hydroxylation sites is 2. The molecule has 6 nitrogen and oxygen atoms in total. The van der Waals surface area contributed by atoms with Gasteiger partial charge in [-0.1, -0.05) is 23.9 Å². The van der Waals surface area contributed by atoms with E-state index in [2.05, 4.69) is 10.2 Å². The Labute approximate surface area is 156 Å². The van der Waals surface area contributed by atoms with Crippen molar-refractivity contribution >= 4 is 17.5 Å². The number of carbonyl (C=O) groups is 1. The van der Waals surface area contributed by atoms with Gasteiger partial charge in [-0.15, -0.1) is 10.2 Å². The van der Waals surface area contributed by atoms with E-state index in [4.69, 9.17) is 9.47 Å². The van der Waals surface area contributed by atoms with E-state index in [1.807, 2.05) is 41.0 Å². The summed E-state index contributed by atoms with van der Waals surface area (Å²) in [5.41, 5.74) is 2.46. The molecule has 0 radical (unpaired) electrons. The molecule has 0 saturated carbocycles. The van der Waals surface area contributed by atoms with Gasteiger partial charge in [-0.05, 0) is 37.3 Å². The number of nitrogens with zero attached hydrogens (tertiary/aromatic N) is 3. The van der Waals surface area contributed by atoms with Crippen LogP contribution in [0, 0.1) is 0 Å². The first kappa shape index (κ1) is 18.0. The normalized spacial score (nSPS) is 10.6. The molecule has 0 unspecified atom stereocenters. The lowest BCUT2D eigenvalue weighted by Crippen LogP contribution is -2.00. The van der Waals surface area contributed by atoms with Crippen molar-refractivity contribution in [3.8, 4) is 17.2 Å². The van der Waals surface area contributed by atoms with Crippen LogP contribution < -0.4 is 9.47 Å². The molecule has 0 amide bonds. The van der Waals surface area contributed by atoms with Crippen LogP contribution in [0.3, 0.4) is 0 Å². The number of ether oxygens (including phenoxy) is 2. The molecule has 0 N–H and O–H groups in total. The third kappa shape index (κ3) is 3.72. The minimum absolute atomic E-state index is 0.0242. The number of thioether (sulfide) groups is 1. The van der Waals surface area contributed by atoms with Gasteiger partial charge in [0.1, 0.15) is 17.8 Å². The third-order valence-electron chi connectivity index (χ3n) is 3.90. The predicted octanol–water partition coefficient (Wildman–Crippen LogP) is 3.78. The summed E-state index contributed by atoms with van der Waals surface area (Å²) in [7, 11) is 3.25. The van der Waals surface area contributed by atoms with Gasteiger partial charge in [-0.25, -0.2) is 0 Å². The maximum absolute atomic E-state index is 11.7. The summed E-state index contributed by atoms with van der Waals surface area (Å²) in [6.07, 6.45) is 1.66. The lowest BCUT2D eigenvalue weighted by Gasteiger charge is -2.12. The smallest absolute Gasteiger partial charge is 0.196 e. The van der Waals surface area contributed by atoms with E-state index >= 15 is 0 Å². The highest BCUT2D eigenvalue weighted by Gasteiger charge is 2.13. The van der Waals surface area contributed by atoms with Crippen LogP contribution in [0.4, 0.5) is 0 Å². The Morgan fingerprint density at radius 1 is 1.12 bits per heavy atom. The first-order valence-electron chi connectivity index (χ1n) is 7.98. The largest absolute Gasteiger partial charge is 0.496 e. The summed E-state index contributed by atoms with van der Waals surface area (Å²) in [4.78, 5) is 11.7. The Morgan fingerprint density at radius 3 is 2.62 bits per heavy atom. The molecule has 7 heteroatoms. The molecule has 1 aromatic heterocycles. The number of rotatable bonds is 7. The SMILES string of the molecule is COc1ccc(C(C)=O)cc1CSc1nncn1-c1ccccc1OC. The third-order valence-corrected chi connectivity index (χ3v) is 4.90. The number of hydrogen-bond acceptors (Lipinski definition) is 6. The molecule has 3 rings (SSSR count). The molecule has 2 aromatic carbocycles. The molecule has 26 heavy (non-hydrogen) atoms. The van der Waals surface area contributed by atoms with Crippen LogP contribution in [0.15, 0.2) is 53.9 Å². The van der Waals surface area contributed by atoms with E-state index in [9.17, 15) is 4.79 Å². The molecule has 0 atom stereocenters. The molecule has 0 bridgehead atoms. The summed E-state index contributed by atoms with van der Waals surface area (Å²) < 4.78 is 12.7. The van der Waals surface area contributed by atoms with Crippen molar-refractivity contribution in [2.75, 3.05) is 14.2 Å². The van der Waals surface area contributed by atoms with Crippen molar-refractivity contribution < 1.29 is 14.3 Å². The summed E-state index contributed by atoms with van der Waals surface area (Å²) in [5, 5.41) is 8.96. The Balaban J connectivity index is 1.87. The summed E-state index contributed by atoms with van der Waals surface area (Å²) in [5.74, 6) is 2.10. The van der Waals surface area contributed by atoms with E-state index < -0.39 is 0 Å². The average Bonchev–Trinajstić information content (AvgIpc) is 3.14. The van der Waals surface area contributed by atoms with Gasteiger partial charge < -0.3 is 9.47 Å². The molecular formula is C19H19N3O3S. The molecule has 0 saturated heterocycles. The number of hydrogen-bond donors (Lipinski definition) is 0. The molecule has 0 fully saturated rings. The van der Waals surface area contributed by atoms with Crippen molar-refractivity contribution in [2.24, 2.45) is 0 Å². The molecule has 134 valence electrons. The van der Waals surface area contributed by atoms with Crippen LogP contribution >= 0.6 is 11.8 Å². The summed E-state index contributed by atoms with van der Waals surface area (Å²) >= 11 is 1.51. The Kier molecular flexibility index (Phi) is 5.58. The molecule has 3 aromatic rings. The second kappa shape index (κ2) is 8.05. The standard InChI is InChI=1S/C19H19N3O3S/c1-13(23)14-8-9-17(24-2)15(10-14)11-26-19-21-20-12-22(19)16-6-4-5-7-18(16)25-3/h4-10,12H,11H2,1-3H3. The zero-order valence-electron chi connectivity index (χ0n) is 14.8. The predicted molar refractivity (Wildman–Crippen MR) is 100 cm³/mol. The lowest BCUT2D eigenvalue weighted by atomic mass is 10.1. The molecule has 0 aliphatic rings. The summed E-state index contributed by atoms with van der Waals surface area (Å²) in [6.45, 7) is 1.55. The van der Waals surface area contributed by atoms with E-state index in [1.54, 1.807) is 33.5 Å². The van der Waals surface area contributed by atoms with E-state index in [0.29, 0.717) is 11.3 Å². The number of Topliss-reactive ketones (excluding diaryl/α,β-unsaturated/α-hetero) is 1. The number of aromatic nitrogens is 3. The van der Waals surface area contributed by atoms with Gasteiger partial charge in [0.05, 0.1) is 19.9 Å². The fraction of sp³-hybridized carbons (Fsp3) is 0.211. The van der Waals surface area contributed by atoms with Crippen molar-refractivity contribution in [3.63, 3.8) is 0 Å². The zero-order valence-corrected chi connectivity index (χ0v) is 15.6. The average molecular weight is 369 g/mol. The second-order valence-electron chi connectivity index (χ2n) is 5.53. The Bertz CT molecular complexity index is 924. The van der Waals surface area contributed by atoms with Crippen LogP contribution in [0.25, 0.3) is 5.69 Å². The van der Waals surface area contributed by atoms with Gasteiger partial charge in [0.2, 0.25) is 0 Å².